The number of hydrogen-bond acceptors (Lipinski definition) is 3. The predicted octanol–water partition coefficient (Wildman–Crippen LogP) is 2.49. The summed E-state index contributed by atoms with van der Waals surface area (Å²) in [7, 11) is 0. The summed E-state index contributed by atoms with van der Waals surface area (Å²) in [6.45, 7) is 2.12. The number of aliphatic carboxylic acids is 1. The van der Waals surface area contributed by atoms with Gasteiger partial charge in [0.1, 0.15) is 6.04 Å². The van der Waals surface area contributed by atoms with Crippen LogP contribution in [0.2, 0.25) is 0 Å². The molecular formula is C14H17F2NO4. The molecule has 0 aromatic heterocycles. The predicted molar refractivity (Wildman–Crippen MR) is 70.9 cm³/mol. The van der Waals surface area contributed by atoms with Gasteiger partial charge in [-0.05, 0) is 24.1 Å². The first-order valence-electron chi connectivity index (χ1n) is 6.54. The minimum Gasteiger partial charge on any atom is -0.480 e. The van der Waals surface area contributed by atoms with Crippen molar-refractivity contribution < 1.29 is 28.2 Å². The summed E-state index contributed by atoms with van der Waals surface area (Å²) < 4.78 is 30.7. The molecule has 0 heterocycles. The monoisotopic (exact) mass is 301 g/mol. The van der Waals surface area contributed by atoms with Gasteiger partial charge in [0.15, 0.2) is 11.6 Å². The molecule has 1 aromatic rings. The number of carboxylic acid groups (broad SMARTS) is 1. The number of amides is 1. The molecule has 5 nitrogen and oxygen atoms in total. The fourth-order valence-corrected chi connectivity index (χ4v) is 1.60. The Balaban J connectivity index is 2.63. The Labute approximate surface area is 120 Å². The molecule has 0 aliphatic rings. The van der Waals surface area contributed by atoms with E-state index in [0.29, 0.717) is 6.42 Å². The molecule has 21 heavy (non-hydrogen) atoms. The van der Waals surface area contributed by atoms with Crippen LogP contribution in [0.5, 0.6) is 0 Å². The van der Waals surface area contributed by atoms with E-state index < -0.39 is 29.7 Å². The second-order valence-corrected chi connectivity index (χ2v) is 4.48. The number of alkyl carbamates (subject to hydrolysis) is 1. The molecule has 1 atom stereocenters. The molecule has 0 aliphatic heterocycles. The van der Waals surface area contributed by atoms with Gasteiger partial charge in [-0.15, -0.1) is 0 Å². The van der Waals surface area contributed by atoms with Gasteiger partial charge in [-0.3, -0.25) is 0 Å². The summed E-state index contributed by atoms with van der Waals surface area (Å²) in [5, 5.41) is 11.2. The first-order chi connectivity index (χ1) is 9.93. The van der Waals surface area contributed by atoms with E-state index >= 15 is 0 Å². The van der Waals surface area contributed by atoms with Crippen molar-refractivity contribution in [3.05, 3.63) is 35.4 Å². The third-order valence-corrected chi connectivity index (χ3v) is 2.75. The average Bonchev–Trinajstić information content (AvgIpc) is 2.42. The molecule has 0 saturated carbocycles. The van der Waals surface area contributed by atoms with Crippen LogP contribution in [0, 0.1) is 11.6 Å². The lowest BCUT2D eigenvalue weighted by atomic mass is 10.1. The Morgan fingerprint density at radius 3 is 2.62 bits per heavy atom. The molecule has 1 unspecified atom stereocenters. The van der Waals surface area contributed by atoms with Crippen LogP contribution in [0.1, 0.15) is 25.3 Å². The summed E-state index contributed by atoms with van der Waals surface area (Å²) in [6, 6.07) is 1.79. The topological polar surface area (TPSA) is 75.6 Å². The van der Waals surface area contributed by atoms with Crippen molar-refractivity contribution in [2.75, 3.05) is 6.61 Å². The molecule has 0 saturated heterocycles. The molecule has 2 N–H and O–H groups in total. The minimum atomic E-state index is -1.29. The van der Waals surface area contributed by atoms with E-state index in [2.05, 4.69) is 5.32 Å². The molecule has 1 rings (SSSR count). The second-order valence-electron chi connectivity index (χ2n) is 4.48. The first kappa shape index (κ1) is 16.9. The van der Waals surface area contributed by atoms with Gasteiger partial charge in [0.2, 0.25) is 0 Å². The van der Waals surface area contributed by atoms with Gasteiger partial charge in [0.05, 0.1) is 6.61 Å². The van der Waals surface area contributed by atoms with Crippen LogP contribution >= 0.6 is 0 Å². The first-order valence-corrected chi connectivity index (χ1v) is 6.54. The quantitative estimate of drug-likeness (QED) is 0.759. The number of ether oxygens (including phenoxy) is 1. The summed E-state index contributed by atoms with van der Waals surface area (Å²) in [5.41, 5.74) is 0.259. The molecule has 7 heteroatoms. The van der Waals surface area contributed by atoms with E-state index in [4.69, 9.17) is 9.84 Å². The zero-order valence-electron chi connectivity index (χ0n) is 11.6. The van der Waals surface area contributed by atoms with E-state index in [9.17, 15) is 18.4 Å². The zero-order valence-corrected chi connectivity index (χ0v) is 11.6. The Hall–Kier alpha value is -2.18. The number of carbonyl (C=O) groups excluding carboxylic acids is 1. The number of halogens is 2. The van der Waals surface area contributed by atoms with Crippen LogP contribution in [-0.4, -0.2) is 29.8 Å². The Morgan fingerprint density at radius 1 is 1.33 bits per heavy atom. The van der Waals surface area contributed by atoms with Crippen LogP contribution in [0.15, 0.2) is 18.2 Å². The van der Waals surface area contributed by atoms with Crippen molar-refractivity contribution in [1.29, 1.82) is 0 Å². The van der Waals surface area contributed by atoms with Crippen LogP contribution in [0.25, 0.3) is 0 Å². The summed E-state index contributed by atoms with van der Waals surface area (Å²) in [4.78, 5) is 22.5. The maximum Gasteiger partial charge on any atom is 0.407 e. The molecule has 0 radical (unpaired) electrons. The van der Waals surface area contributed by atoms with Crippen molar-refractivity contribution in [3.63, 3.8) is 0 Å². The van der Waals surface area contributed by atoms with Gasteiger partial charge < -0.3 is 15.2 Å². The van der Waals surface area contributed by atoms with Gasteiger partial charge >= 0.3 is 12.1 Å². The van der Waals surface area contributed by atoms with E-state index in [1.165, 1.54) is 6.07 Å². The molecule has 116 valence electrons. The lowest BCUT2D eigenvalue weighted by Crippen LogP contribution is -2.42. The second kappa shape index (κ2) is 8.18. The molecular weight excluding hydrogens is 284 g/mol. The lowest BCUT2D eigenvalue weighted by molar-refractivity contribution is -0.139. The van der Waals surface area contributed by atoms with Gasteiger partial charge in [-0.2, -0.15) is 0 Å². The highest BCUT2D eigenvalue weighted by Crippen LogP contribution is 2.11. The number of hydrogen-bond donors (Lipinski definition) is 2. The third kappa shape index (κ3) is 5.76. The third-order valence-electron chi connectivity index (χ3n) is 2.75. The standard InChI is InChI=1S/C14H17F2NO4/c1-2-3-6-21-14(20)17-12(13(18)19)8-9-4-5-10(15)11(16)7-9/h4-5,7,12H,2-3,6,8H2,1H3,(H,17,20)(H,18,19). The van der Waals surface area contributed by atoms with Crippen LogP contribution < -0.4 is 5.32 Å². The summed E-state index contributed by atoms with van der Waals surface area (Å²) in [5.74, 6) is -3.37. The van der Waals surface area contributed by atoms with E-state index in [-0.39, 0.29) is 18.6 Å². The van der Waals surface area contributed by atoms with Gasteiger partial charge in [-0.25, -0.2) is 18.4 Å². The molecule has 0 spiro atoms. The zero-order chi connectivity index (χ0) is 15.8. The van der Waals surface area contributed by atoms with Crippen LogP contribution in [0.4, 0.5) is 13.6 Å². The minimum absolute atomic E-state index is 0.171. The number of unbranched alkanes of at least 4 members (excludes halogenated alkanes) is 1. The van der Waals surface area contributed by atoms with Gasteiger partial charge in [-0.1, -0.05) is 19.4 Å². The van der Waals surface area contributed by atoms with Crippen molar-refractivity contribution >= 4 is 12.1 Å². The van der Waals surface area contributed by atoms with Crippen molar-refractivity contribution in [2.45, 2.75) is 32.2 Å². The van der Waals surface area contributed by atoms with Crippen molar-refractivity contribution in [1.82, 2.24) is 5.32 Å². The maximum absolute atomic E-state index is 13.1. The number of nitrogens with one attached hydrogen (secondary N) is 1. The highest BCUT2D eigenvalue weighted by Gasteiger charge is 2.21. The number of carboxylic acids is 1. The highest BCUT2D eigenvalue weighted by atomic mass is 19.2. The smallest absolute Gasteiger partial charge is 0.407 e. The molecule has 0 fully saturated rings. The molecule has 0 bridgehead atoms. The maximum atomic E-state index is 13.1. The molecule has 0 aliphatic carbocycles. The van der Waals surface area contributed by atoms with Gasteiger partial charge in [0, 0.05) is 6.42 Å². The summed E-state index contributed by atoms with van der Waals surface area (Å²) in [6.07, 6.45) is 0.493. The molecule has 1 aromatic carbocycles. The Kier molecular flexibility index (Phi) is 6.58. The average molecular weight is 301 g/mol. The fraction of sp³-hybridized carbons (Fsp3) is 0.429. The SMILES string of the molecule is CCCCOC(=O)NC(Cc1ccc(F)c(F)c1)C(=O)O. The van der Waals surface area contributed by atoms with Crippen molar-refractivity contribution in [3.8, 4) is 0 Å². The normalized spacial score (nSPS) is 11.8. The number of rotatable bonds is 7. The number of benzene rings is 1. The van der Waals surface area contributed by atoms with E-state index in [1.807, 2.05) is 6.92 Å². The van der Waals surface area contributed by atoms with E-state index in [0.717, 1.165) is 18.6 Å². The highest BCUT2D eigenvalue weighted by molar-refractivity contribution is 5.80. The Morgan fingerprint density at radius 2 is 2.05 bits per heavy atom. The number of carbonyl (C=O) groups is 2. The fourth-order valence-electron chi connectivity index (χ4n) is 1.60. The van der Waals surface area contributed by atoms with Crippen LogP contribution in [-0.2, 0) is 16.0 Å². The molecule has 1 amide bonds. The van der Waals surface area contributed by atoms with Gasteiger partial charge in [0.25, 0.3) is 0 Å². The Bertz CT molecular complexity index is 508. The van der Waals surface area contributed by atoms with Crippen molar-refractivity contribution in [2.24, 2.45) is 0 Å². The van der Waals surface area contributed by atoms with E-state index in [1.54, 1.807) is 0 Å². The summed E-state index contributed by atoms with van der Waals surface area (Å²) >= 11 is 0. The largest absolute Gasteiger partial charge is 0.480 e. The van der Waals surface area contributed by atoms with Crippen LogP contribution in [0.3, 0.4) is 0 Å². The lowest BCUT2D eigenvalue weighted by Gasteiger charge is -2.14.